The summed E-state index contributed by atoms with van der Waals surface area (Å²) in [5, 5.41) is 1.11. The van der Waals surface area contributed by atoms with Crippen molar-refractivity contribution in [2.24, 2.45) is 7.05 Å². The number of nitrogens with zero attached hydrogens (tertiary/aromatic N) is 1. The minimum atomic E-state index is 0.0358. The van der Waals surface area contributed by atoms with Crippen LogP contribution < -0.4 is 5.56 Å². The smallest absolute Gasteiger partial charge is 0.250 e. The van der Waals surface area contributed by atoms with Crippen LogP contribution in [0.4, 0.5) is 0 Å². The highest BCUT2D eigenvalue weighted by Crippen LogP contribution is 2.14. The Morgan fingerprint density at radius 1 is 1.23 bits per heavy atom. The summed E-state index contributed by atoms with van der Waals surface area (Å²) in [6.45, 7) is 0. The molecule has 0 bridgehead atoms. The highest BCUT2D eigenvalue weighted by atomic mass is 127. The van der Waals surface area contributed by atoms with Crippen molar-refractivity contribution >= 4 is 33.5 Å². The zero-order valence-electron chi connectivity index (χ0n) is 7.12. The lowest BCUT2D eigenvalue weighted by Gasteiger charge is -2.03. The van der Waals surface area contributed by atoms with Crippen LogP contribution in [0.25, 0.3) is 10.9 Å². The molecule has 0 aliphatic rings. The minimum Gasteiger partial charge on any atom is -0.311 e. The summed E-state index contributed by atoms with van der Waals surface area (Å²) in [7, 11) is 1.79. The van der Waals surface area contributed by atoms with E-state index in [4.69, 9.17) is 0 Å². The Balaban J connectivity index is 2.95. The number of aryl methyl sites for hydroxylation is 1. The Labute approximate surface area is 89.3 Å². The van der Waals surface area contributed by atoms with Gasteiger partial charge in [0.1, 0.15) is 0 Å². The molecule has 0 spiro atoms. The predicted molar refractivity (Wildman–Crippen MR) is 61.9 cm³/mol. The minimum absolute atomic E-state index is 0.0358. The van der Waals surface area contributed by atoms with Crippen LogP contribution >= 0.6 is 22.6 Å². The molecule has 0 aliphatic heterocycles. The van der Waals surface area contributed by atoms with Gasteiger partial charge >= 0.3 is 0 Å². The van der Waals surface area contributed by atoms with Gasteiger partial charge in [0.05, 0.1) is 5.52 Å². The third-order valence-corrected chi connectivity index (χ3v) is 2.76. The number of halogens is 1. The summed E-state index contributed by atoms with van der Waals surface area (Å²) < 4.78 is 2.84. The second-order valence-electron chi connectivity index (χ2n) is 2.93. The first-order valence-corrected chi connectivity index (χ1v) is 5.02. The third kappa shape index (κ3) is 1.48. The molecule has 0 fully saturated rings. The Bertz CT molecular complexity index is 516. The van der Waals surface area contributed by atoms with E-state index in [0.717, 1.165) is 10.9 Å². The number of benzene rings is 1. The molecular weight excluding hydrogens is 277 g/mol. The maximum atomic E-state index is 11.3. The van der Waals surface area contributed by atoms with E-state index in [1.807, 2.05) is 18.2 Å². The van der Waals surface area contributed by atoms with E-state index in [2.05, 4.69) is 28.7 Å². The zero-order chi connectivity index (χ0) is 9.42. The molecule has 2 rings (SSSR count). The third-order valence-electron chi connectivity index (χ3n) is 2.09. The van der Waals surface area contributed by atoms with E-state index < -0.39 is 0 Å². The lowest BCUT2D eigenvalue weighted by Crippen LogP contribution is -2.14. The Hall–Kier alpha value is -0.840. The molecule has 0 aliphatic carbocycles. The maximum Gasteiger partial charge on any atom is 0.250 e. The van der Waals surface area contributed by atoms with Gasteiger partial charge in [-0.15, -0.1) is 0 Å². The normalized spacial score (nSPS) is 10.6. The lowest BCUT2D eigenvalue weighted by molar-refractivity contribution is 0.906. The Morgan fingerprint density at radius 3 is 2.77 bits per heavy atom. The fraction of sp³-hybridized carbons (Fsp3) is 0.100. The Morgan fingerprint density at radius 2 is 2.00 bits per heavy atom. The second kappa shape index (κ2) is 3.14. The molecule has 2 nitrogen and oxygen atoms in total. The molecule has 0 saturated carbocycles. The molecular formula is C10H8INO. The van der Waals surface area contributed by atoms with Gasteiger partial charge in [0.2, 0.25) is 0 Å². The van der Waals surface area contributed by atoms with E-state index in [9.17, 15) is 4.79 Å². The van der Waals surface area contributed by atoms with E-state index in [0.29, 0.717) is 0 Å². The number of hydrogen-bond donors (Lipinski definition) is 0. The monoisotopic (exact) mass is 285 g/mol. The van der Waals surface area contributed by atoms with Crippen molar-refractivity contribution in [3.8, 4) is 0 Å². The maximum absolute atomic E-state index is 11.3. The largest absolute Gasteiger partial charge is 0.311 e. The van der Waals surface area contributed by atoms with Crippen LogP contribution in [0.3, 0.4) is 0 Å². The summed E-state index contributed by atoms with van der Waals surface area (Å²) in [5.74, 6) is 0. The van der Waals surface area contributed by atoms with Crippen molar-refractivity contribution in [1.29, 1.82) is 0 Å². The van der Waals surface area contributed by atoms with Crippen molar-refractivity contribution in [1.82, 2.24) is 4.57 Å². The van der Waals surface area contributed by atoms with Gasteiger partial charge < -0.3 is 4.57 Å². The van der Waals surface area contributed by atoms with Crippen LogP contribution in [0, 0.1) is 3.57 Å². The first kappa shape index (κ1) is 8.74. The molecule has 3 heteroatoms. The van der Waals surface area contributed by atoms with Gasteiger partial charge in [-0.05, 0) is 52.2 Å². The lowest BCUT2D eigenvalue weighted by atomic mass is 10.2. The fourth-order valence-electron chi connectivity index (χ4n) is 1.36. The van der Waals surface area contributed by atoms with Crippen LogP contribution in [0.2, 0.25) is 0 Å². The van der Waals surface area contributed by atoms with Gasteiger partial charge in [0.15, 0.2) is 0 Å². The molecule has 0 radical (unpaired) electrons. The fourth-order valence-corrected chi connectivity index (χ4v) is 1.87. The molecule has 13 heavy (non-hydrogen) atoms. The van der Waals surface area contributed by atoms with Crippen LogP contribution in [-0.4, -0.2) is 4.57 Å². The SMILES string of the molecule is Cn1c(=O)ccc2cc(I)ccc21. The second-order valence-corrected chi connectivity index (χ2v) is 4.18. The first-order valence-electron chi connectivity index (χ1n) is 3.94. The summed E-state index contributed by atoms with van der Waals surface area (Å²) in [5.41, 5.74) is 1.02. The van der Waals surface area contributed by atoms with Crippen molar-refractivity contribution in [3.63, 3.8) is 0 Å². The standard InChI is InChI=1S/C10H8INO/c1-12-9-4-3-8(11)6-7(9)2-5-10(12)13/h2-6H,1H3. The van der Waals surface area contributed by atoms with Crippen molar-refractivity contribution < 1.29 is 0 Å². The summed E-state index contributed by atoms with van der Waals surface area (Å²) in [6, 6.07) is 9.49. The molecule has 0 saturated heterocycles. The average molecular weight is 285 g/mol. The van der Waals surface area contributed by atoms with Crippen LogP contribution in [0.15, 0.2) is 35.1 Å². The van der Waals surface area contributed by atoms with Gasteiger partial charge in [-0.1, -0.05) is 0 Å². The molecule has 0 amide bonds. The van der Waals surface area contributed by atoms with Crippen LogP contribution in [0.5, 0.6) is 0 Å². The zero-order valence-corrected chi connectivity index (χ0v) is 9.28. The highest BCUT2D eigenvalue weighted by Gasteiger charge is 1.98. The molecule has 1 aromatic heterocycles. The van der Waals surface area contributed by atoms with Gasteiger partial charge in [-0.2, -0.15) is 0 Å². The van der Waals surface area contributed by atoms with E-state index in [1.165, 1.54) is 3.57 Å². The molecule has 0 atom stereocenters. The molecule has 0 N–H and O–H groups in total. The molecule has 0 unspecified atom stereocenters. The number of hydrogen-bond acceptors (Lipinski definition) is 1. The predicted octanol–water partition coefficient (Wildman–Crippen LogP) is 2.14. The molecule has 2 aromatic rings. The Kier molecular flexibility index (Phi) is 2.11. The molecule has 66 valence electrons. The van der Waals surface area contributed by atoms with Crippen molar-refractivity contribution in [3.05, 3.63) is 44.3 Å². The van der Waals surface area contributed by atoms with E-state index in [-0.39, 0.29) is 5.56 Å². The topological polar surface area (TPSA) is 22.0 Å². The van der Waals surface area contributed by atoms with Gasteiger partial charge in [-0.25, -0.2) is 0 Å². The van der Waals surface area contributed by atoms with Gasteiger partial charge in [-0.3, -0.25) is 4.79 Å². The van der Waals surface area contributed by atoms with E-state index in [1.54, 1.807) is 17.7 Å². The average Bonchev–Trinajstić information content (AvgIpc) is 2.12. The highest BCUT2D eigenvalue weighted by molar-refractivity contribution is 14.1. The number of aromatic nitrogens is 1. The van der Waals surface area contributed by atoms with E-state index >= 15 is 0 Å². The number of fused-ring (bicyclic) bond motifs is 1. The number of rotatable bonds is 0. The van der Waals surface area contributed by atoms with Gasteiger partial charge in [0, 0.05) is 16.7 Å². The first-order chi connectivity index (χ1) is 6.18. The summed E-state index contributed by atoms with van der Waals surface area (Å²) in [4.78, 5) is 11.3. The quantitative estimate of drug-likeness (QED) is 0.680. The van der Waals surface area contributed by atoms with Crippen molar-refractivity contribution in [2.45, 2.75) is 0 Å². The molecule has 1 aromatic carbocycles. The summed E-state index contributed by atoms with van der Waals surface area (Å²) in [6.07, 6.45) is 0. The van der Waals surface area contributed by atoms with Crippen LogP contribution in [0.1, 0.15) is 0 Å². The number of pyridine rings is 1. The molecule has 1 heterocycles. The summed E-state index contributed by atoms with van der Waals surface area (Å²) >= 11 is 2.26. The van der Waals surface area contributed by atoms with Crippen LogP contribution in [-0.2, 0) is 7.05 Å². The van der Waals surface area contributed by atoms with Crippen molar-refractivity contribution in [2.75, 3.05) is 0 Å². The van der Waals surface area contributed by atoms with Gasteiger partial charge in [0.25, 0.3) is 5.56 Å².